The third-order valence-corrected chi connectivity index (χ3v) is 2.73. The number of nitrogens with zero attached hydrogens (tertiary/aromatic N) is 1. The molecule has 88 valence electrons. The lowest BCUT2D eigenvalue weighted by atomic mass is 10.3. The molecule has 0 aliphatic heterocycles. The molecule has 0 spiro atoms. The van der Waals surface area contributed by atoms with E-state index in [2.05, 4.69) is 41.0 Å². The molecule has 0 unspecified atom stereocenters. The number of hydrogen-bond acceptors (Lipinski definition) is 3. The second-order valence-electron chi connectivity index (χ2n) is 3.23. The number of aliphatic imine (C=N–C) groups is 1. The molecule has 1 aromatic carbocycles. The van der Waals surface area contributed by atoms with Gasteiger partial charge in [0.1, 0.15) is 0 Å². The number of nitrogens with two attached hydrogens (primary N) is 1. The van der Waals surface area contributed by atoms with Crippen molar-refractivity contribution in [2.75, 3.05) is 18.1 Å². The summed E-state index contributed by atoms with van der Waals surface area (Å²) in [5.41, 5.74) is 3.53. The van der Waals surface area contributed by atoms with Crippen molar-refractivity contribution in [3.63, 3.8) is 0 Å². The average Bonchev–Trinajstić information content (AvgIpc) is 2.35. The number of benzene rings is 1. The first kappa shape index (κ1) is 12.9. The summed E-state index contributed by atoms with van der Waals surface area (Å²) >= 11 is 1.72. The van der Waals surface area contributed by atoms with Crippen molar-refractivity contribution in [3.05, 3.63) is 24.3 Å². The highest BCUT2D eigenvalue weighted by Gasteiger charge is 1.97. The molecule has 0 aliphatic carbocycles. The van der Waals surface area contributed by atoms with Gasteiger partial charge in [0, 0.05) is 17.1 Å². The standard InChI is InChI=1S/C11H18N4S/c1-3-8-13-11(15-12)14-9-4-6-10(16-2)7-5-9/h4-7H,3,8,12H2,1-2H3,(H2,13,14,15). The summed E-state index contributed by atoms with van der Waals surface area (Å²) < 4.78 is 0. The van der Waals surface area contributed by atoms with E-state index in [9.17, 15) is 0 Å². The lowest BCUT2D eigenvalue weighted by molar-refractivity contribution is 0.905. The monoisotopic (exact) mass is 238 g/mol. The number of rotatable bonds is 4. The van der Waals surface area contributed by atoms with Gasteiger partial charge in [0.15, 0.2) is 0 Å². The molecule has 0 aromatic heterocycles. The van der Waals surface area contributed by atoms with E-state index >= 15 is 0 Å². The van der Waals surface area contributed by atoms with Gasteiger partial charge in [0.2, 0.25) is 5.96 Å². The fourth-order valence-electron chi connectivity index (χ4n) is 1.16. The van der Waals surface area contributed by atoms with Crippen molar-refractivity contribution in [2.24, 2.45) is 10.8 Å². The van der Waals surface area contributed by atoms with Crippen molar-refractivity contribution in [1.29, 1.82) is 0 Å². The van der Waals surface area contributed by atoms with Gasteiger partial charge in [-0.2, -0.15) is 0 Å². The van der Waals surface area contributed by atoms with E-state index in [1.807, 2.05) is 12.1 Å². The third-order valence-electron chi connectivity index (χ3n) is 1.98. The van der Waals surface area contributed by atoms with Gasteiger partial charge < -0.3 is 5.32 Å². The quantitative estimate of drug-likeness (QED) is 0.247. The first-order valence-electron chi connectivity index (χ1n) is 5.22. The van der Waals surface area contributed by atoms with E-state index in [4.69, 9.17) is 5.84 Å². The Hall–Kier alpha value is -1.20. The fraction of sp³-hybridized carbons (Fsp3) is 0.364. The number of thioether (sulfide) groups is 1. The molecule has 1 rings (SSSR count). The summed E-state index contributed by atoms with van der Waals surface area (Å²) in [6.45, 7) is 2.83. The van der Waals surface area contributed by atoms with Crippen molar-refractivity contribution < 1.29 is 0 Å². The molecular formula is C11H18N4S. The fourth-order valence-corrected chi connectivity index (χ4v) is 1.56. The molecule has 5 heteroatoms. The van der Waals surface area contributed by atoms with Crippen molar-refractivity contribution >= 4 is 23.4 Å². The lowest BCUT2D eigenvalue weighted by Gasteiger charge is -2.09. The maximum absolute atomic E-state index is 5.37. The van der Waals surface area contributed by atoms with Gasteiger partial charge >= 0.3 is 0 Å². The van der Waals surface area contributed by atoms with E-state index in [-0.39, 0.29) is 0 Å². The zero-order valence-corrected chi connectivity index (χ0v) is 10.5. The minimum Gasteiger partial charge on any atom is -0.325 e. The van der Waals surface area contributed by atoms with Gasteiger partial charge in [-0.25, -0.2) is 5.84 Å². The van der Waals surface area contributed by atoms with Gasteiger partial charge in [-0.1, -0.05) is 6.92 Å². The highest BCUT2D eigenvalue weighted by molar-refractivity contribution is 7.98. The number of guanidine groups is 1. The Morgan fingerprint density at radius 2 is 2.06 bits per heavy atom. The number of nitrogens with one attached hydrogen (secondary N) is 2. The minimum absolute atomic E-state index is 0.596. The molecular weight excluding hydrogens is 220 g/mol. The van der Waals surface area contributed by atoms with Crippen LogP contribution in [0.15, 0.2) is 34.2 Å². The Kier molecular flexibility index (Phi) is 5.74. The van der Waals surface area contributed by atoms with Crippen LogP contribution in [-0.2, 0) is 0 Å². The highest BCUT2D eigenvalue weighted by Crippen LogP contribution is 2.17. The summed E-state index contributed by atoms with van der Waals surface area (Å²) in [7, 11) is 0. The molecule has 0 saturated heterocycles. The first-order chi connectivity index (χ1) is 7.80. The van der Waals surface area contributed by atoms with Gasteiger partial charge in [-0.05, 0) is 36.9 Å². The van der Waals surface area contributed by atoms with Crippen LogP contribution >= 0.6 is 11.8 Å². The van der Waals surface area contributed by atoms with Crippen LogP contribution < -0.4 is 16.6 Å². The molecule has 0 radical (unpaired) electrons. The molecule has 0 bridgehead atoms. The van der Waals surface area contributed by atoms with E-state index < -0.39 is 0 Å². The Morgan fingerprint density at radius 1 is 1.38 bits per heavy atom. The highest BCUT2D eigenvalue weighted by atomic mass is 32.2. The molecule has 4 N–H and O–H groups in total. The van der Waals surface area contributed by atoms with Crippen LogP contribution in [0.4, 0.5) is 5.69 Å². The Labute approximate surface area is 101 Å². The molecule has 0 heterocycles. The Bertz CT molecular complexity index is 334. The molecule has 0 fully saturated rings. The summed E-state index contributed by atoms with van der Waals surface area (Å²) in [6.07, 6.45) is 3.05. The second-order valence-corrected chi connectivity index (χ2v) is 4.11. The normalized spacial score (nSPS) is 11.3. The van der Waals surface area contributed by atoms with Crippen molar-refractivity contribution in [2.45, 2.75) is 18.2 Å². The van der Waals surface area contributed by atoms with Crippen molar-refractivity contribution in [1.82, 2.24) is 5.43 Å². The van der Waals surface area contributed by atoms with Gasteiger partial charge in [-0.3, -0.25) is 10.4 Å². The minimum atomic E-state index is 0.596. The summed E-state index contributed by atoms with van der Waals surface area (Å²) in [4.78, 5) is 5.50. The predicted molar refractivity (Wildman–Crippen MR) is 71.8 cm³/mol. The zero-order chi connectivity index (χ0) is 11.8. The topological polar surface area (TPSA) is 62.4 Å². The SMILES string of the molecule is CCCN=C(NN)Nc1ccc(SC)cc1. The zero-order valence-electron chi connectivity index (χ0n) is 9.66. The molecule has 4 nitrogen and oxygen atoms in total. The Balaban J connectivity index is 2.63. The summed E-state index contributed by atoms with van der Waals surface area (Å²) in [6, 6.07) is 8.12. The molecule has 0 aliphatic rings. The van der Waals surface area contributed by atoms with E-state index in [1.165, 1.54) is 4.90 Å². The van der Waals surface area contributed by atoms with E-state index in [0.717, 1.165) is 18.7 Å². The third kappa shape index (κ3) is 4.12. The van der Waals surface area contributed by atoms with Crippen LogP contribution in [0.5, 0.6) is 0 Å². The van der Waals surface area contributed by atoms with Crippen LogP contribution in [0, 0.1) is 0 Å². The first-order valence-corrected chi connectivity index (χ1v) is 6.44. The number of anilines is 1. The van der Waals surface area contributed by atoms with Crippen LogP contribution in [0.25, 0.3) is 0 Å². The number of hydrazine groups is 1. The largest absolute Gasteiger partial charge is 0.325 e. The maximum Gasteiger partial charge on any atom is 0.210 e. The molecule has 16 heavy (non-hydrogen) atoms. The van der Waals surface area contributed by atoms with Crippen LogP contribution in [0.3, 0.4) is 0 Å². The lowest BCUT2D eigenvalue weighted by Crippen LogP contribution is -2.36. The summed E-state index contributed by atoms with van der Waals surface area (Å²) in [5.74, 6) is 5.97. The van der Waals surface area contributed by atoms with Gasteiger partial charge in [-0.15, -0.1) is 11.8 Å². The second kappa shape index (κ2) is 7.14. The van der Waals surface area contributed by atoms with Crippen LogP contribution in [0.1, 0.15) is 13.3 Å². The predicted octanol–water partition coefficient (Wildman–Crippen LogP) is 2.05. The maximum atomic E-state index is 5.37. The van der Waals surface area contributed by atoms with Crippen LogP contribution in [0.2, 0.25) is 0 Å². The number of hydrogen-bond donors (Lipinski definition) is 3. The average molecular weight is 238 g/mol. The summed E-state index contributed by atoms with van der Waals surface area (Å²) in [5, 5.41) is 3.12. The molecule has 0 saturated carbocycles. The van der Waals surface area contributed by atoms with Gasteiger partial charge in [0.25, 0.3) is 0 Å². The van der Waals surface area contributed by atoms with Crippen LogP contribution in [-0.4, -0.2) is 18.8 Å². The molecule has 1 aromatic rings. The van der Waals surface area contributed by atoms with E-state index in [1.54, 1.807) is 11.8 Å². The Morgan fingerprint density at radius 3 is 2.56 bits per heavy atom. The van der Waals surface area contributed by atoms with E-state index in [0.29, 0.717) is 5.96 Å². The van der Waals surface area contributed by atoms with Gasteiger partial charge in [0.05, 0.1) is 0 Å². The van der Waals surface area contributed by atoms with Crippen molar-refractivity contribution in [3.8, 4) is 0 Å². The smallest absolute Gasteiger partial charge is 0.210 e. The molecule has 0 amide bonds. The molecule has 0 atom stereocenters.